The van der Waals surface area contributed by atoms with Crippen LogP contribution in [0.4, 0.5) is 18.9 Å². The highest BCUT2D eigenvalue weighted by Gasteiger charge is 2.40. The Morgan fingerprint density at radius 3 is 2.67 bits per heavy atom. The lowest BCUT2D eigenvalue weighted by Crippen LogP contribution is -2.42. The Balaban J connectivity index is 2.03. The van der Waals surface area contributed by atoms with Crippen molar-refractivity contribution >= 4 is 11.4 Å². The summed E-state index contributed by atoms with van der Waals surface area (Å²) in [6.45, 7) is 6.68. The Morgan fingerprint density at radius 2 is 2.11 bits per heavy atom. The summed E-state index contributed by atoms with van der Waals surface area (Å²) in [5, 5.41) is 9.02. The highest BCUT2D eigenvalue weighted by atomic mass is 19.4. The molecule has 0 fully saturated rings. The molecule has 1 aliphatic carbocycles. The zero-order valence-electron chi connectivity index (χ0n) is 15.5. The first-order valence-electron chi connectivity index (χ1n) is 8.74. The van der Waals surface area contributed by atoms with E-state index in [-0.39, 0.29) is 17.0 Å². The molecule has 0 N–H and O–H groups in total. The van der Waals surface area contributed by atoms with Crippen LogP contribution in [0.25, 0.3) is 5.70 Å². The Bertz CT molecular complexity index is 889. The summed E-state index contributed by atoms with van der Waals surface area (Å²) in [4.78, 5) is 6.03. The Hall–Kier alpha value is -2.75. The fraction of sp³-hybridized carbons (Fsp3) is 0.400. The highest BCUT2D eigenvalue weighted by molar-refractivity contribution is 5.60. The number of benzene rings is 1. The minimum atomic E-state index is -4.57. The number of likely N-dealkylation sites (N-methyl/N-ethyl adjacent to an activating group) is 1. The smallest absolute Gasteiger partial charge is 0.365 e. The molecule has 142 valence electrons. The number of rotatable bonds is 4. The summed E-state index contributed by atoms with van der Waals surface area (Å²) < 4.78 is 42.0. The summed E-state index contributed by atoms with van der Waals surface area (Å²) in [6, 6.07) is 5.49. The van der Waals surface area contributed by atoms with E-state index < -0.39 is 11.7 Å². The summed E-state index contributed by atoms with van der Waals surface area (Å²) in [7, 11) is 0. The van der Waals surface area contributed by atoms with Gasteiger partial charge < -0.3 is 9.47 Å². The molecule has 1 aromatic carbocycles. The minimum absolute atomic E-state index is 0.0751. The quantitative estimate of drug-likeness (QED) is 0.761. The summed E-state index contributed by atoms with van der Waals surface area (Å²) in [5.74, 6) is 0. The topological polar surface area (TPSA) is 44.9 Å². The van der Waals surface area contributed by atoms with Crippen molar-refractivity contribution in [1.82, 2.24) is 9.55 Å². The van der Waals surface area contributed by atoms with Crippen LogP contribution in [-0.4, -0.2) is 22.1 Å². The number of aromatic nitrogens is 2. The maximum Gasteiger partial charge on any atom is 0.417 e. The van der Waals surface area contributed by atoms with Gasteiger partial charge >= 0.3 is 6.18 Å². The normalized spacial score (nSPS) is 18.9. The number of allylic oxidation sites excluding steroid dienone is 1. The first-order chi connectivity index (χ1) is 12.7. The first-order valence-corrected chi connectivity index (χ1v) is 8.74. The molecular formula is C20H21F3N4. The molecule has 1 heterocycles. The van der Waals surface area contributed by atoms with Crippen LogP contribution in [0.2, 0.25) is 0 Å². The monoisotopic (exact) mass is 374 g/mol. The minimum Gasteiger partial charge on any atom is -0.365 e. The standard InChI is InChI=1S/C20H21F3N4/c1-4-27(15-6-5-14(12-24)17(9-15)20(21,22)23)18-10-16(11-19(18,2)3)26-8-7-25-13-26/h5-10,13,18H,4,11H2,1-3H3. The number of hydrogen-bond donors (Lipinski definition) is 0. The predicted octanol–water partition coefficient (Wildman–Crippen LogP) is 4.94. The summed E-state index contributed by atoms with van der Waals surface area (Å²) in [5.41, 5.74) is 0.121. The van der Waals surface area contributed by atoms with Crippen LogP contribution in [0.1, 0.15) is 38.3 Å². The Kier molecular flexibility index (Phi) is 4.77. The molecule has 1 unspecified atom stereocenters. The lowest BCUT2D eigenvalue weighted by Gasteiger charge is -2.38. The van der Waals surface area contributed by atoms with Gasteiger partial charge in [0.05, 0.1) is 29.6 Å². The zero-order valence-corrected chi connectivity index (χ0v) is 15.5. The number of nitriles is 1. The van der Waals surface area contributed by atoms with Crippen LogP contribution >= 0.6 is 0 Å². The van der Waals surface area contributed by atoms with Gasteiger partial charge in [0.25, 0.3) is 0 Å². The van der Waals surface area contributed by atoms with Gasteiger partial charge in [-0.25, -0.2) is 4.98 Å². The lowest BCUT2D eigenvalue weighted by molar-refractivity contribution is -0.137. The number of alkyl halides is 3. The molecule has 1 aliphatic rings. The third-order valence-corrected chi connectivity index (χ3v) is 5.06. The van der Waals surface area contributed by atoms with Gasteiger partial charge in [0.1, 0.15) is 0 Å². The second-order valence-electron chi connectivity index (χ2n) is 7.36. The molecule has 2 aromatic rings. The van der Waals surface area contributed by atoms with Gasteiger partial charge in [-0.05, 0) is 43.0 Å². The third-order valence-electron chi connectivity index (χ3n) is 5.06. The van der Waals surface area contributed by atoms with Crippen molar-refractivity contribution in [2.45, 2.75) is 39.4 Å². The number of halogens is 3. The molecule has 27 heavy (non-hydrogen) atoms. The van der Waals surface area contributed by atoms with Crippen LogP contribution in [0.5, 0.6) is 0 Å². The lowest BCUT2D eigenvalue weighted by atomic mass is 9.84. The number of imidazole rings is 1. The summed E-state index contributed by atoms with van der Waals surface area (Å²) >= 11 is 0. The Labute approximate surface area is 156 Å². The number of anilines is 1. The van der Waals surface area contributed by atoms with Gasteiger partial charge in [0.15, 0.2) is 0 Å². The molecule has 7 heteroatoms. The Morgan fingerprint density at radius 1 is 1.37 bits per heavy atom. The molecule has 0 bridgehead atoms. The highest BCUT2D eigenvalue weighted by Crippen LogP contribution is 2.44. The molecule has 0 saturated carbocycles. The van der Waals surface area contributed by atoms with Crippen LogP contribution in [0.3, 0.4) is 0 Å². The van der Waals surface area contributed by atoms with E-state index in [9.17, 15) is 13.2 Å². The van der Waals surface area contributed by atoms with Gasteiger partial charge in [-0.2, -0.15) is 18.4 Å². The molecule has 0 amide bonds. The molecule has 3 rings (SSSR count). The molecule has 0 aliphatic heterocycles. The maximum atomic E-state index is 13.4. The van der Waals surface area contributed by atoms with Crippen LogP contribution in [0.15, 0.2) is 43.0 Å². The van der Waals surface area contributed by atoms with Crippen molar-refractivity contribution in [2.75, 3.05) is 11.4 Å². The van der Waals surface area contributed by atoms with E-state index in [2.05, 4.69) is 24.9 Å². The van der Waals surface area contributed by atoms with Gasteiger partial charge in [-0.15, -0.1) is 0 Å². The predicted molar refractivity (Wildman–Crippen MR) is 97.9 cm³/mol. The van der Waals surface area contributed by atoms with Crippen LogP contribution in [-0.2, 0) is 6.18 Å². The van der Waals surface area contributed by atoms with E-state index in [0.29, 0.717) is 12.2 Å². The number of nitrogens with zero attached hydrogens (tertiary/aromatic N) is 4. The molecular weight excluding hydrogens is 353 g/mol. The van der Waals surface area contributed by atoms with Gasteiger partial charge in [-0.1, -0.05) is 13.8 Å². The molecule has 4 nitrogen and oxygen atoms in total. The van der Waals surface area contributed by atoms with Crippen molar-refractivity contribution in [3.8, 4) is 6.07 Å². The molecule has 0 radical (unpaired) electrons. The van der Waals surface area contributed by atoms with E-state index in [1.165, 1.54) is 6.07 Å². The summed E-state index contributed by atoms with van der Waals surface area (Å²) in [6.07, 6.45) is 3.61. The molecule has 1 atom stereocenters. The van der Waals surface area contributed by atoms with Crippen molar-refractivity contribution in [3.05, 3.63) is 54.1 Å². The van der Waals surface area contributed by atoms with Crippen LogP contribution in [0, 0.1) is 16.7 Å². The molecule has 0 spiro atoms. The fourth-order valence-corrected chi connectivity index (χ4v) is 3.74. The SMILES string of the molecule is CCN(c1ccc(C#N)c(C(F)(F)F)c1)C1C=C(n2ccnc2)CC1(C)C. The van der Waals surface area contributed by atoms with E-state index in [1.807, 2.05) is 22.6 Å². The number of hydrogen-bond acceptors (Lipinski definition) is 3. The molecule has 0 saturated heterocycles. The van der Waals surface area contributed by atoms with Crippen molar-refractivity contribution in [1.29, 1.82) is 5.26 Å². The largest absolute Gasteiger partial charge is 0.417 e. The maximum absolute atomic E-state index is 13.4. The van der Waals surface area contributed by atoms with Crippen molar-refractivity contribution < 1.29 is 13.2 Å². The van der Waals surface area contributed by atoms with Gasteiger partial charge in [0, 0.05) is 30.3 Å². The van der Waals surface area contributed by atoms with Crippen molar-refractivity contribution in [3.63, 3.8) is 0 Å². The average molecular weight is 374 g/mol. The van der Waals surface area contributed by atoms with E-state index in [0.717, 1.165) is 18.2 Å². The average Bonchev–Trinajstić information content (AvgIpc) is 3.23. The van der Waals surface area contributed by atoms with Gasteiger partial charge in [0.2, 0.25) is 0 Å². The van der Waals surface area contributed by atoms with Gasteiger partial charge in [-0.3, -0.25) is 0 Å². The second-order valence-corrected chi connectivity index (χ2v) is 7.36. The van der Waals surface area contributed by atoms with Crippen molar-refractivity contribution in [2.24, 2.45) is 5.41 Å². The van der Waals surface area contributed by atoms with E-state index >= 15 is 0 Å². The van der Waals surface area contributed by atoms with E-state index in [4.69, 9.17) is 5.26 Å². The fourth-order valence-electron chi connectivity index (χ4n) is 3.74. The second kappa shape index (κ2) is 6.76. The first kappa shape index (κ1) is 19.0. The third kappa shape index (κ3) is 3.57. The molecule has 1 aromatic heterocycles. The van der Waals surface area contributed by atoms with E-state index in [1.54, 1.807) is 24.7 Å². The zero-order chi connectivity index (χ0) is 19.8. The van der Waals surface area contributed by atoms with Crippen LogP contribution < -0.4 is 4.90 Å².